The van der Waals surface area contributed by atoms with Crippen LogP contribution in [-0.4, -0.2) is 11.5 Å². The second-order valence-electron chi connectivity index (χ2n) is 6.35. The van der Waals surface area contributed by atoms with E-state index in [4.69, 9.17) is 4.74 Å². The molecular weight excluding hydrogens is 308 g/mol. The summed E-state index contributed by atoms with van der Waals surface area (Å²) in [5, 5.41) is 11.8. The molecule has 0 saturated heterocycles. The lowest BCUT2D eigenvalue weighted by atomic mass is 9.97. The van der Waals surface area contributed by atoms with E-state index >= 15 is 0 Å². The Morgan fingerprint density at radius 2 is 1.72 bits per heavy atom. The van der Waals surface area contributed by atoms with E-state index < -0.39 is 0 Å². The Balaban J connectivity index is 2.13. The van der Waals surface area contributed by atoms with Crippen molar-refractivity contribution in [1.29, 1.82) is 5.26 Å². The molecule has 2 aromatic carbocycles. The monoisotopic (exact) mass is 326 g/mol. The van der Waals surface area contributed by atoms with E-state index in [1.807, 2.05) is 25.1 Å². The maximum atomic E-state index is 9.53. The SMILES string of the molecule is COc1ccc(-c2cn3c(C)cc(C#N)c3c3ccc(C)cc23)cc1. The third-order valence-electron chi connectivity index (χ3n) is 4.73. The Bertz CT molecular complexity index is 1150. The minimum Gasteiger partial charge on any atom is -0.497 e. The highest BCUT2D eigenvalue weighted by molar-refractivity contribution is 6.06. The van der Waals surface area contributed by atoms with Gasteiger partial charge in [0.15, 0.2) is 0 Å². The van der Waals surface area contributed by atoms with E-state index in [0.717, 1.165) is 38.9 Å². The number of pyridine rings is 1. The highest BCUT2D eigenvalue weighted by Crippen LogP contribution is 2.35. The molecule has 4 rings (SSSR count). The van der Waals surface area contributed by atoms with Gasteiger partial charge in [-0.3, -0.25) is 0 Å². The van der Waals surface area contributed by atoms with E-state index in [0.29, 0.717) is 5.56 Å². The molecule has 0 amide bonds. The van der Waals surface area contributed by atoms with Gasteiger partial charge < -0.3 is 9.14 Å². The highest BCUT2D eigenvalue weighted by atomic mass is 16.5. The average Bonchev–Trinajstić information content (AvgIpc) is 2.97. The first-order valence-corrected chi connectivity index (χ1v) is 8.22. The summed E-state index contributed by atoms with van der Waals surface area (Å²) in [7, 11) is 1.67. The van der Waals surface area contributed by atoms with Gasteiger partial charge in [-0.05, 0) is 43.0 Å². The molecular formula is C22H18N2O. The van der Waals surface area contributed by atoms with Crippen molar-refractivity contribution in [3.63, 3.8) is 0 Å². The number of hydrogen-bond acceptors (Lipinski definition) is 2. The summed E-state index contributed by atoms with van der Waals surface area (Å²) in [4.78, 5) is 0. The van der Waals surface area contributed by atoms with Crippen LogP contribution in [0.15, 0.2) is 54.7 Å². The standard InChI is InChI=1S/C22H18N2O/c1-14-4-9-19-20(10-14)21(16-5-7-18(25-3)8-6-16)13-24-15(2)11-17(12-23)22(19)24/h4-11,13H,1-3H3. The van der Waals surface area contributed by atoms with Crippen LogP contribution in [-0.2, 0) is 0 Å². The zero-order valence-electron chi connectivity index (χ0n) is 14.5. The van der Waals surface area contributed by atoms with E-state index in [1.54, 1.807) is 7.11 Å². The molecule has 0 atom stereocenters. The first kappa shape index (κ1) is 15.3. The Morgan fingerprint density at radius 1 is 0.960 bits per heavy atom. The van der Waals surface area contributed by atoms with Gasteiger partial charge in [-0.2, -0.15) is 5.26 Å². The smallest absolute Gasteiger partial charge is 0.118 e. The van der Waals surface area contributed by atoms with Crippen molar-refractivity contribution in [2.45, 2.75) is 13.8 Å². The minimum absolute atomic E-state index is 0.715. The van der Waals surface area contributed by atoms with Crippen LogP contribution in [0.4, 0.5) is 0 Å². The molecule has 2 aromatic heterocycles. The number of hydrogen-bond donors (Lipinski definition) is 0. The molecule has 0 aliphatic heterocycles. The Labute approximate surface area is 146 Å². The molecule has 0 N–H and O–H groups in total. The van der Waals surface area contributed by atoms with Gasteiger partial charge in [-0.1, -0.05) is 35.9 Å². The van der Waals surface area contributed by atoms with Gasteiger partial charge in [0.1, 0.15) is 11.8 Å². The van der Waals surface area contributed by atoms with Crippen LogP contribution >= 0.6 is 0 Å². The van der Waals surface area contributed by atoms with Crippen molar-refractivity contribution >= 4 is 16.3 Å². The number of nitriles is 1. The van der Waals surface area contributed by atoms with Crippen molar-refractivity contribution in [3.05, 3.63) is 71.5 Å². The number of aryl methyl sites for hydroxylation is 2. The Morgan fingerprint density at radius 3 is 2.40 bits per heavy atom. The number of aromatic nitrogens is 1. The van der Waals surface area contributed by atoms with Gasteiger partial charge in [-0.25, -0.2) is 0 Å². The quantitative estimate of drug-likeness (QED) is 0.504. The zero-order chi connectivity index (χ0) is 17.6. The lowest BCUT2D eigenvalue weighted by molar-refractivity contribution is 0.415. The number of ether oxygens (including phenoxy) is 1. The fourth-order valence-electron chi connectivity index (χ4n) is 3.47. The van der Waals surface area contributed by atoms with Crippen LogP contribution in [0, 0.1) is 25.2 Å². The van der Waals surface area contributed by atoms with Gasteiger partial charge >= 0.3 is 0 Å². The first-order valence-electron chi connectivity index (χ1n) is 8.22. The Hall–Kier alpha value is -3.25. The zero-order valence-corrected chi connectivity index (χ0v) is 14.5. The molecule has 0 fully saturated rings. The third-order valence-corrected chi connectivity index (χ3v) is 4.73. The number of fused-ring (bicyclic) bond motifs is 3. The fourth-order valence-corrected chi connectivity index (χ4v) is 3.47. The molecule has 2 heterocycles. The molecule has 4 aromatic rings. The van der Waals surface area contributed by atoms with Crippen LogP contribution in [0.2, 0.25) is 0 Å². The predicted molar refractivity (Wildman–Crippen MR) is 101 cm³/mol. The van der Waals surface area contributed by atoms with Crippen LogP contribution in [0.3, 0.4) is 0 Å². The van der Waals surface area contributed by atoms with E-state index in [-0.39, 0.29) is 0 Å². The van der Waals surface area contributed by atoms with Crippen LogP contribution in [0.5, 0.6) is 5.75 Å². The van der Waals surface area contributed by atoms with Gasteiger partial charge in [0.05, 0.1) is 18.2 Å². The van der Waals surface area contributed by atoms with E-state index in [2.05, 4.69) is 53.9 Å². The van der Waals surface area contributed by atoms with Gasteiger partial charge in [0.2, 0.25) is 0 Å². The number of benzene rings is 2. The summed E-state index contributed by atoms with van der Waals surface area (Å²) in [5.41, 5.74) is 6.24. The van der Waals surface area contributed by atoms with E-state index in [1.165, 1.54) is 5.56 Å². The predicted octanol–water partition coefficient (Wildman–Crippen LogP) is 5.26. The molecule has 122 valence electrons. The van der Waals surface area contributed by atoms with Crippen LogP contribution < -0.4 is 4.74 Å². The first-order chi connectivity index (χ1) is 12.1. The van der Waals surface area contributed by atoms with Crippen molar-refractivity contribution in [3.8, 4) is 22.9 Å². The number of nitrogens with zero attached hydrogens (tertiary/aromatic N) is 2. The van der Waals surface area contributed by atoms with Gasteiger partial charge in [-0.15, -0.1) is 0 Å². The number of rotatable bonds is 2. The summed E-state index contributed by atoms with van der Waals surface area (Å²) in [5.74, 6) is 0.842. The van der Waals surface area contributed by atoms with E-state index in [9.17, 15) is 5.26 Å². The summed E-state index contributed by atoms with van der Waals surface area (Å²) >= 11 is 0. The summed E-state index contributed by atoms with van der Waals surface area (Å²) in [6, 6.07) is 18.8. The molecule has 0 aliphatic rings. The second kappa shape index (κ2) is 5.68. The topological polar surface area (TPSA) is 37.4 Å². The van der Waals surface area contributed by atoms with Crippen LogP contribution in [0.25, 0.3) is 27.4 Å². The summed E-state index contributed by atoms with van der Waals surface area (Å²) < 4.78 is 7.40. The molecule has 0 radical (unpaired) electrons. The molecule has 3 heteroatoms. The maximum Gasteiger partial charge on any atom is 0.118 e. The molecule has 0 saturated carbocycles. The molecule has 0 unspecified atom stereocenters. The second-order valence-corrected chi connectivity index (χ2v) is 6.35. The van der Waals surface area contributed by atoms with Crippen LogP contribution in [0.1, 0.15) is 16.8 Å². The molecule has 0 bridgehead atoms. The molecule has 3 nitrogen and oxygen atoms in total. The summed E-state index contributed by atoms with van der Waals surface area (Å²) in [6.45, 7) is 4.13. The third kappa shape index (κ3) is 2.35. The maximum absolute atomic E-state index is 9.53. The lowest BCUT2D eigenvalue weighted by Gasteiger charge is -2.12. The molecule has 0 spiro atoms. The average molecular weight is 326 g/mol. The normalized spacial score (nSPS) is 11.0. The van der Waals surface area contributed by atoms with Gasteiger partial charge in [0, 0.05) is 22.8 Å². The fraction of sp³-hybridized carbons (Fsp3) is 0.136. The summed E-state index contributed by atoms with van der Waals surface area (Å²) in [6.07, 6.45) is 2.13. The molecule has 25 heavy (non-hydrogen) atoms. The number of methoxy groups -OCH3 is 1. The van der Waals surface area contributed by atoms with Gasteiger partial charge in [0.25, 0.3) is 0 Å². The van der Waals surface area contributed by atoms with Crippen molar-refractivity contribution in [1.82, 2.24) is 4.40 Å². The largest absolute Gasteiger partial charge is 0.497 e. The minimum atomic E-state index is 0.715. The Kier molecular flexibility index (Phi) is 3.47. The van der Waals surface area contributed by atoms with Crippen molar-refractivity contribution in [2.24, 2.45) is 0 Å². The molecule has 0 aliphatic carbocycles. The van der Waals surface area contributed by atoms with Crippen molar-refractivity contribution < 1.29 is 4.74 Å². The van der Waals surface area contributed by atoms with Crippen molar-refractivity contribution in [2.75, 3.05) is 7.11 Å². The lowest BCUT2D eigenvalue weighted by Crippen LogP contribution is -1.93. The highest BCUT2D eigenvalue weighted by Gasteiger charge is 2.14.